The molecule has 0 aromatic carbocycles. The van der Waals surface area contributed by atoms with Crippen LogP contribution in [0.3, 0.4) is 0 Å². The van der Waals surface area contributed by atoms with Crippen molar-refractivity contribution in [3.05, 3.63) is 0 Å². The predicted octanol–water partition coefficient (Wildman–Crippen LogP) is 1.81. The maximum Gasteiger partial charge on any atom is 0.222 e. The summed E-state index contributed by atoms with van der Waals surface area (Å²) in [5, 5.41) is 0. The molecule has 0 saturated carbocycles. The Morgan fingerprint density at radius 2 is 2.36 bits per heavy atom. The van der Waals surface area contributed by atoms with Crippen LogP contribution in [-0.4, -0.2) is 37.1 Å². The molecule has 0 spiro atoms. The highest BCUT2D eigenvalue weighted by atomic mass is 16.5. The largest absolute Gasteiger partial charge is 0.376 e. The second-order valence-electron chi connectivity index (χ2n) is 4.01. The number of amides is 1. The van der Waals surface area contributed by atoms with Crippen LogP contribution in [0.1, 0.15) is 39.0 Å². The summed E-state index contributed by atoms with van der Waals surface area (Å²) in [4.78, 5) is 13.4. The fourth-order valence-corrected chi connectivity index (χ4v) is 1.71. The van der Waals surface area contributed by atoms with Crippen LogP contribution in [0.15, 0.2) is 0 Å². The first-order valence-corrected chi connectivity index (χ1v) is 5.59. The summed E-state index contributed by atoms with van der Waals surface area (Å²) >= 11 is 0. The number of likely N-dealkylation sites (N-methyl/N-ethyl adjacent to an activating group) is 1. The molecule has 0 radical (unpaired) electrons. The first-order valence-electron chi connectivity index (χ1n) is 5.59. The molecule has 0 aliphatic carbocycles. The third kappa shape index (κ3) is 3.66. The van der Waals surface area contributed by atoms with Crippen molar-refractivity contribution in [3.63, 3.8) is 0 Å². The minimum absolute atomic E-state index is 0.252. The highest BCUT2D eigenvalue weighted by molar-refractivity contribution is 5.75. The van der Waals surface area contributed by atoms with Crippen LogP contribution in [0.2, 0.25) is 0 Å². The fourth-order valence-electron chi connectivity index (χ4n) is 1.71. The number of ether oxygens (including phenoxy) is 1. The van der Waals surface area contributed by atoms with Gasteiger partial charge in [0.2, 0.25) is 5.91 Å². The van der Waals surface area contributed by atoms with Crippen molar-refractivity contribution in [2.24, 2.45) is 0 Å². The van der Waals surface area contributed by atoms with Crippen LogP contribution < -0.4 is 0 Å². The summed E-state index contributed by atoms with van der Waals surface area (Å²) in [5.41, 5.74) is 0. The zero-order valence-corrected chi connectivity index (χ0v) is 9.29. The molecular weight excluding hydrogens is 178 g/mol. The Bertz CT molecular complexity index is 176. The Hall–Kier alpha value is -0.570. The van der Waals surface area contributed by atoms with Gasteiger partial charge in [-0.2, -0.15) is 0 Å². The van der Waals surface area contributed by atoms with E-state index in [1.165, 1.54) is 0 Å². The van der Waals surface area contributed by atoms with Crippen LogP contribution >= 0.6 is 0 Å². The average molecular weight is 199 g/mol. The molecular formula is C11H21NO2. The van der Waals surface area contributed by atoms with Crippen molar-refractivity contribution < 1.29 is 9.53 Å². The molecule has 1 fully saturated rings. The normalized spacial score (nSPS) is 21.1. The molecule has 3 nitrogen and oxygen atoms in total. The van der Waals surface area contributed by atoms with E-state index in [0.717, 1.165) is 38.8 Å². The third-order valence-corrected chi connectivity index (χ3v) is 2.67. The third-order valence-electron chi connectivity index (χ3n) is 2.67. The average Bonchev–Trinajstić information content (AvgIpc) is 2.66. The Kier molecular flexibility index (Phi) is 4.94. The highest BCUT2D eigenvalue weighted by Crippen LogP contribution is 2.13. The lowest BCUT2D eigenvalue weighted by atomic mass is 10.2. The van der Waals surface area contributed by atoms with Crippen molar-refractivity contribution in [2.45, 2.75) is 45.1 Å². The number of nitrogens with zero attached hydrogens (tertiary/aromatic N) is 1. The van der Waals surface area contributed by atoms with Gasteiger partial charge in [-0.1, -0.05) is 13.3 Å². The van der Waals surface area contributed by atoms with E-state index in [1.807, 2.05) is 11.9 Å². The summed E-state index contributed by atoms with van der Waals surface area (Å²) in [7, 11) is 1.87. The van der Waals surface area contributed by atoms with Gasteiger partial charge in [-0.3, -0.25) is 4.79 Å². The van der Waals surface area contributed by atoms with E-state index < -0.39 is 0 Å². The maximum absolute atomic E-state index is 11.6. The molecule has 1 aliphatic rings. The first kappa shape index (κ1) is 11.5. The van der Waals surface area contributed by atoms with Crippen LogP contribution in [0, 0.1) is 0 Å². The number of unbranched alkanes of at least 4 members (excludes halogenated alkanes) is 1. The molecule has 0 aromatic heterocycles. The minimum Gasteiger partial charge on any atom is -0.376 e. The summed E-state index contributed by atoms with van der Waals surface area (Å²) in [6.07, 6.45) is 5.28. The van der Waals surface area contributed by atoms with Gasteiger partial charge >= 0.3 is 0 Å². The van der Waals surface area contributed by atoms with Gasteiger partial charge in [0.15, 0.2) is 0 Å². The zero-order valence-electron chi connectivity index (χ0n) is 9.29. The molecule has 1 amide bonds. The molecule has 1 heterocycles. The maximum atomic E-state index is 11.6. The van der Waals surface area contributed by atoms with Gasteiger partial charge in [0.05, 0.1) is 6.10 Å². The molecule has 0 N–H and O–H groups in total. The number of carbonyl (C=O) groups is 1. The molecule has 1 atom stereocenters. The van der Waals surface area contributed by atoms with Crippen LogP contribution in [0.25, 0.3) is 0 Å². The van der Waals surface area contributed by atoms with E-state index in [-0.39, 0.29) is 12.0 Å². The van der Waals surface area contributed by atoms with Crippen molar-refractivity contribution in [3.8, 4) is 0 Å². The van der Waals surface area contributed by atoms with Crippen LogP contribution in [-0.2, 0) is 9.53 Å². The van der Waals surface area contributed by atoms with Gasteiger partial charge in [-0.05, 0) is 19.3 Å². The van der Waals surface area contributed by atoms with Crippen LogP contribution in [0.5, 0.6) is 0 Å². The lowest BCUT2D eigenvalue weighted by Crippen LogP contribution is -2.33. The molecule has 3 heteroatoms. The smallest absolute Gasteiger partial charge is 0.222 e. The quantitative estimate of drug-likeness (QED) is 0.676. The lowest BCUT2D eigenvalue weighted by Gasteiger charge is -2.20. The highest BCUT2D eigenvalue weighted by Gasteiger charge is 2.19. The molecule has 82 valence electrons. The van der Waals surface area contributed by atoms with Crippen LogP contribution in [0.4, 0.5) is 0 Å². The van der Waals surface area contributed by atoms with E-state index in [1.54, 1.807) is 0 Å². The monoisotopic (exact) mass is 199 g/mol. The zero-order chi connectivity index (χ0) is 10.4. The van der Waals surface area contributed by atoms with Gasteiger partial charge in [-0.25, -0.2) is 0 Å². The summed E-state index contributed by atoms with van der Waals surface area (Å²) in [6.45, 7) is 3.73. The van der Waals surface area contributed by atoms with Crippen molar-refractivity contribution in [1.29, 1.82) is 0 Å². The lowest BCUT2D eigenvalue weighted by molar-refractivity contribution is -0.131. The van der Waals surface area contributed by atoms with Gasteiger partial charge in [0.1, 0.15) is 0 Å². The Morgan fingerprint density at radius 3 is 2.93 bits per heavy atom. The molecule has 1 saturated heterocycles. The Balaban J connectivity index is 2.18. The molecule has 1 aliphatic heterocycles. The molecule has 1 rings (SSSR count). The van der Waals surface area contributed by atoms with Gasteiger partial charge in [0.25, 0.3) is 0 Å². The fraction of sp³-hybridized carbons (Fsp3) is 0.909. The number of rotatable bonds is 5. The van der Waals surface area contributed by atoms with E-state index >= 15 is 0 Å². The SMILES string of the molecule is CCCCC(=O)N(C)CC1CCCO1. The van der Waals surface area contributed by atoms with Gasteiger partial charge < -0.3 is 9.64 Å². The minimum atomic E-state index is 0.252. The molecule has 0 bridgehead atoms. The second kappa shape index (κ2) is 6.02. The Labute approximate surface area is 86.4 Å². The number of hydrogen-bond donors (Lipinski definition) is 0. The Morgan fingerprint density at radius 1 is 1.57 bits per heavy atom. The number of carbonyl (C=O) groups excluding carboxylic acids is 1. The van der Waals surface area contributed by atoms with Gasteiger partial charge in [0, 0.05) is 26.6 Å². The second-order valence-corrected chi connectivity index (χ2v) is 4.01. The molecule has 1 unspecified atom stereocenters. The van der Waals surface area contributed by atoms with E-state index in [2.05, 4.69) is 6.92 Å². The van der Waals surface area contributed by atoms with E-state index in [9.17, 15) is 4.79 Å². The van der Waals surface area contributed by atoms with E-state index in [4.69, 9.17) is 4.74 Å². The molecule has 0 aromatic rings. The van der Waals surface area contributed by atoms with Crippen molar-refractivity contribution >= 4 is 5.91 Å². The summed E-state index contributed by atoms with van der Waals surface area (Å²) in [5.74, 6) is 0.252. The summed E-state index contributed by atoms with van der Waals surface area (Å²) in [6, 6.07) is 0. The van der Waals surface area contributed by atoms with Gasteiger partial charge in [-0.15, -0.1) is 0 Å². The van der Waals surface area contributed by atoms with Crippen molar-refractivity contribution in [1.82, 2.24) is 4.90 Å². The standard InChI is InChI=1S/C11H21NO2/c1-3-4-7-11(13)12(2)9-10-6-5-8-14-10/h10H,3-9H2,1-2H3. The number of hydrogen-bond acceptors (Lipinski definition) is 2. The first-order chi connectivity index (χ1) is 6.74. The topological polar surface area (TPSA) is 29.5 Å². The molecule has 14 heavy (non-hydrogen) atoms. The predicted molar refractivity (Wildman–Crippen MR) is 56.1 cm³/mol. The van der Waals surface area contributed by atoms with Crippen molar-refractivity contribution in [2.75, 3.05) is 20.2 Å². The summed E-state index contributed by atoms with van der Waals surface area (Å²) < 4.78 is 5.48. The van der Waals surface area contributed by atoms with E-state index in [0.29, 0.717) is 6.42 Å².